The third-order valence-electron chi connectivity index (χ3n) is 2.89. The molecule has 0 saturated heterocycles. The van der Waals surface area contributed by atoms with Gasteiger partial charge in [0.1, 0.15) is 12.4 Å². The fourth-order valence-corrected chi connectivity index (χ4v) is 1.49. The third kappa shape index (κ3) is 5.19. The lowest BCUT2D eigenvalue weighted by Crippen LogP contribution is -2.45. The molecule has 112 valence electrons. The Labute approximate surface area is 120 Å². The van der Waals surface area contributed by atoms with Gasteiger partial charge >= 0.3 is 0 Å². The minimum Gasteiger partial charge on any atom is -0.491 e. The molecule has 20 heavy (non-hydrogen) atoms. The second-order valence-electron chi connectivity index (χ2n) is 5.70. The van der Waals surface area contributed by atoms with Crippen LogP contribution in [0.5, 0.6) is 5.75 Å². The summed E-state index contributed by atoms with van der Waals surface area (Å²) in [4.78, 5) is 12.0. The zero-order valence-corrected chi connectivity index (χ0v) is 12.6. The molecule has 5 nitrogen and oxygen atoms in total. The number of nitrogens with two attached hydrogens (primary N) is 1. The average molecular weight is 280 g/mol. The summed E-state index contributed by atoms with van der Waals surface area (Å²) in [7, 11) is 1.63. The van der Waals surface area contributed by atoms with Crippen molar-refractivity contribution in [3.8, 4) is 5.75 Å². The van der Waals surface area contributed by atoms with Gasteiger partial charge in [-0.15, -0.1) is 0 Å². The summed E-state index contributed by atoms with van der Waals surface area (Å²) in [6.07, 6.45) is 0. The fourth-order valence-electron chi connectivity index (χ4n) is 1.49. The summed E-state index contributed by atoms with van der Waals surface area (Å²) in [5.41, 5.74) is 6.33. The summed E-state index contributed by atoms with van der Waals surface area (Å²) in [6, 6.07) is 6.62. The number of benzene rings is 1. The third-order valence-corrected chi connectivity index (χ3v) is 2.89. The SMILES string of the molecule is COCCOc1ccc(NC(=O)[C@@H](N)C(C)(C)C)cc1. The minimum atomic E-state index is -0.555. The number of hydrogen-bond donors (Lipinski definition) is 2. The van der Waals surface area contributed by atoms with E-state index in [1.165, 1.54) is 0 Å². The van der Waals surface area contributed by atoms with Crippen LogP contribution < -0.4 is 15.8 Å². The molecule has 0 unspecified atom stereocenters. The molecule has 0 aliphatic heterocycles. The number of nitrogens with one attached hydrogen (secondary N) is 1. The van der Waals surface area contributed by atoms with Gasteiger partial charge in [0.2, 0.25) is 5.91 Å². The normalized spacial score (nSPS) is 12.8. The van der Waals surface area contributed by atoms with Crippen LogP contribution in [0.4, 0.5) is 5.69 Å². The highest BCUT2D eigenvalue weighted by Crippen LogP contribution is 2.20. The Bertz CT molecular complexity index is 424. The van der Waals surface area contributed by atoms with Crippen molar-refractivity contribution in [3.05, 3.63) is 24.3 Å². The summed E-state index contributed by atoms with van der Waals surface area (Å²) >= 11 is 0. The number of anilines is 1. The highest BCUT2D eigenvalue weighted by Gasteiger charge is 2.27. The van der Waals surface area contributed by atoms with Gasteiger partial charge in [0.05, 0.1) is 12.6 Å². The largest absolute Gasteiger partial charge is 0.491 e. The zero-order valence-electron chi connectivity index (χ0n) is 12.6. The lowest BCUT2D eigenvalue weighted by atomic mass is 9.87. The number of rotatable bonds is 6. The quantitative estimate of drug-likeness (QED) is 0.782. The van der Waals surface area contributed by atoms with Gasteiger partial charge < -0.3 is 20.5 Å². The summed E-state index contributed by atoms with van der Waals surface area (Å²) in [5.74, 6) is 0.547. The Morgan fingerprint density at radius 2 is 1.85 bits per heavy atom. The molecule has 0 spiro atoms. The molecule has 1 aromatic carbocycles. The van der Waals surface area contributed by atoms with E-state index in [9.17, 15) is 4.79 Å². The van der Waals surface area contributed by atoms with Crippen LogP contribution >= 0.6 is 0 Å². The van der Waals surface area contributed by atoms with E-state index >= 15 is 0 Å². The maximum absolute atomic E-state index is 12.0. The van der Waals surface area contributed by atoms with Crippen molar-refractivity contribution < 1.29 is 14.3 Å². The molecule has 1 amide bonds. The molecule has 0 aliphatic carbocycles. The molecular formula is C15H24N2O3. The maximum Gasteiger partial charge on any atom is 0.241 e. The van der Waals surface area contributed by atoms with Gasteiger partial charge in [0, 0.05) is 12.8 Å². The van der Waals surface area contributed by atoms with Crippen LogP contribution in [-0.2, 0) is 9.53 Å². The molecule has 1 aromatic rings. The first-order chi connectivity index (χ1) is 9.34. The lowest BCUT2D eigenvalue weighted by molar-refractivity contribution is -0.119. The van der Waals surface area contributed by atoms with Gasteiger partial charge in [-0.1, -0.05) is 20.8 Å². The Kier molecular flexibility index (Phi) is 5.98. The van der Waals surface area contributed by atoms with Gasteiger partial charge in [-0.25, -0.2) is 0 Å². The van der Waals surface area contributed by atoms with Crippen molar-refractivity contribution in [1.82, 2.24) is 0 Å². The molecule has 0 heterocycles. The summed E-state index contributed by atoms with van der Waals surface area (Å²) in [5, 5.41) is 2.80. The molecule has 1 rings (SSSR count). The Balaban J connectivity index is 2.55. The Morgan fingerprint density at radius 3 is 2.35 bits per heavy atom. The van der Waals surface area contributed by atoms with E-state index in [1.54, 1.807) is 31.4 Å². The van der Waals surface area contributed by atoms with Crippen LogP contribution in [0.25, 0.3) is 0 Å². The molecule has 0 fully saturated rings. The molecule has 0 aliphatic rings. The Morgan fingerprint density at radius 1 is 1.25 bits per heavy atom. The first-order valence-electron chi connectivity index (χ1n) is 6.63. The van der Waals surface area contributed by atoms with Crippen LogP contribution in [0.1, 0.15) is 20.8 Å². The zero-order chi connectivity index (χ0) is 15.2. The van der Waals surface area contributed by atoms with E-state index in [2.05, 4.69) is 5.32 Å². The van der Waals surface area contributed by atoms with Crippen LogP contribution in [0.15, 0.2) is 24.3 Å². The number of carbonyl (C=O) groups is 1. The lowest BCUT2D eigenvalue weighted by Gasteiger charge is -2.25. The smallest absolute Gasteiger partial charge is 0.241 e. The molecule has 0 aromatic heterocycles. The van der Waals surface area contributed by atoms with Gasteiger partial charge in [-0.3, -0.25) is 4.79 Å². The average Bonchev–Trinajstić information content (AvgIpc) is 2.39. The van der Waals surface area contributed by atoms with E-state index in [1.807, 2.05) is 20.8 Å². The molecule has 3 N–H and O–H groups in total. The predicted octanol–water partition coefficient (Wildman–Crippen LogP) is 2.02. The summed E-state index contributed by atoms with van der Waals surface area (Å²) in [6.45, 7) is 6.84. The molecule has 1 atom stereocenters. The fraction of sp³-hybridized carbons (Fsp3) is 0.533. The highest BCUT2D eigenvalue weighted by atomic mass is 16.5. The van der Waals surface area contributed by atoms with Gasteiger partial charge in [0.25, 0.3) is 0 Å². The number of ether oxygens (including phenoxy) is 2. The minimum absolute atomic E-state index is 0.189. The topological polar surface area (TPSA) is 73.6 Å². The predicted molar refractivity (Wildman–Crippen MR) is 79.9 cm³/mol. The molecule has 0 saturated carbocycles. The standard InChI is InChI=1S/C15H24N2O3/c1-15(2,3)13(16)14(18)17-11-5-7-12(8-6-11)20-10-9-19-4/h5-8,13H,9-10,16H2,1-4H3,(H,17,18)/t13-/m1/s1. The second kappa shape index (κ2) is 7.26. The van der Waals surface area contributed by atoms with E-state index < -0.39 is 6.04 Å². The number of methoxy groups -OCH3 is 1. The summed E-state index contributed by atoms with van der Waals surface area (Å²) < 4.78 is 10.3. The monoisotopic (exact) mass is 280 g/mol. The first kappa shape index (κ1) is 16.5. The molecule has 5 heteroatoms. The van der Waals surface area contributed by atoms with E-state index in [0.29, 0.717) is 18.9 Å². The molecule has 0 radical (unpaired) electrons. The highest BCUT2D eigenvalue weighted by molar-refractivity contribution is 5.95. The van der Waals surface area contributed by atoms with Crippen molar-refractivity contribution >= 4 is 11.6 Å². The maximum atomic E-state index is 12.0. The van der Waals surface area contributed by atoms with Crippen molar-refractivity contribution in [2.45, 2.75) is 26.8 Å². The van der Waals surface area contributed by atoms with E-state index in [4.69, 9.17) is 15.2 Å². The van der Waals surface area contributed by atoms with Crippen LogP contribution in [0.3, 0.4) is 0 Å². The van der Waals surface area contributed by atoms with Crippen molar-refractivity contribution in [2.24, 2.45) is 11.1 Å². The van der Waals surface area contributed by atoms with Crippen LogP contribution in [-0.4, -0.2) is 32.3 Å². The van der Waals surface area contributed by atoms with Gasteiger partial charge in [-0.2, -0.15) is 0 Å². The van der Waals surface area contributed by atoms with Crippen LogP contribution in [0, 0.1) is 5.41 Å². The second-order valence-corrected chi connectivity index (χ2v) is 5.70. The van der Waals surface area contributed by atoms with Gasteiger partial charge in [-0.05, 0) is 29.7 Å². The Hall–Kier alpha value is -1.59. The number of carbonyl (C=O) groups excluding carboxylic acids is 1. The number of hydrogen-bond acceptors (Lipinski definition) is 4. The molecule has 0 bridgehead atoms. The molecular weight excluding hydrogens is 256 g/mol. The van der Waals surface area contributed by atoms with E-state index in [0.717, 1.165) is 5.75 Å². The number of amides is 1. The first-order valence-corrected chi connectivity index (χ1v) is 6.63. The van der Waals surface area contributed by atoms with Crippen molar-refractivity contribution in [1.29, 1.82) is 0 Å². The van der Waals surface area contributed by atoms with Gasteiger partial charge in [0.15, 0.2) is 0 Å². The van der Waals surface area contributed by atoms with Crippen molar-refractivity contribution in [2.75, 3.05) is 25.6 Å². The van der Waals surface area contributed by atoms with E-state index in [-0.39, 0.29) is 11.3 Å². The van der Waals surface area contributed by atoms with Crippen molar-refractivity contribution in [3.63, 3.8) is 0 Å². The van der Waals surface area contributed by atoms with Crippen LogP contribution in [0.2, 0.25) is 0 Å².